The maximum Gasteiger partial charge on any atom is 0.230 e. The number of likely N-dealkylation sites (N-methyl/N-ethyl adjacent to an activating group) is 1. The molecule has 1 aliphatic rings. The summed E-state index contributed by atoms with van der Waals surface area (Å²) in [7, 11) is 1.83. The first kappa shape index (κ1) is 14.5. The second-order valence-corrected chi connectivity index (χ2v) is 6.31. The van der Waals surface area contributed by atoms with Gasteiger partial charge in [0.25, 0.3) is 0 Å². The van der Waals surface area contributed by atoms with Crippen LogP contribution in [0.15, 0.2) is 28.7 Å². The van der Waals surface area contributed by atoms with E-state index in [1.165, 1.54) is 5.56 Å². The van der Waals surface area contributed by atoms with Crippen LogP contribution in [0.5, 0.6) is 0 Å². The third-order valence-electron chi connectivity index (χ3n) is 4.04. The number of carbonyl (C=O) groups excluding carboxylic acids is 1. The molecule has 0 unspecified atom stereocenters. The molecule has 0 heterocycles. The summed E-state index contributed by atoms with van der Waals surface area (Å²) in [6.07, 6.45) is 3.53. The number of halogens is 1. The zero-order valence-corrected chi connectivity index (χ0v) is 12.8. The van der Waals surface area contributed by atoms with Crippen molar-refractivity contribution in [1.82, 2.24) is 4.90 Å². The first-order valence-corrected chi connectivity index (χ1v) is 7.47. The standard InChI is InChI=1S/C15H20BrNO2/c1-17(14(19)15(11-18)7-3-8-15)9-6-12-4-2-5-13(16)10-12/h2,4-5,10,18H,3,6-9,11H2,1H3. The van der Waals surface area contributed by atoms with Crippen molar-refractivity contribution in [3.8, 4) is 0 Å². The highest BCUT2D eigenvalue weighted by molar-refractivity contribution is 9.10. The first-order chi connectivity index (χ1) is 9.07. The van der Waals surface area contributed by atoms with Crippen LogP contribution in [0.25, 0.3) is 0 Å². The summed E-state index contributed by atoms with van der Waals surface area (Å²) in [5.74, 6) is 0.0937. The lowest BCUT2D eigenvalue weighted by atomic mass is 9.68. The van der Waals surface area contributed by atoms with E-state index in [9.17, 15) is 9.90 Å². The molecule has 1 amide bonds. The Kier molecular flexibility index (Phi) is 4.63. The van der Waals surface area contributed by atoms with Crippen molar-refractivity contribution in [3.63, 3.8) is 0 Å². The Bertz CT molecular complexity index is 452. The normalized spacial score (nSPS) is 16.8. The number of carbonyl (C=O) groups is 1. The average molecular weight is 326 g/mol. The fourth-order valence-corrected chi connectivity index (χ4v) is 2.99. The van der Waals surface area contributed by atoms with Crippen LogP contribution in [0.2, 0.25) is 0 Å². The lowest BCUT2D eigenvalue weighted by Gasteiger charge is -2.41. The molecular formula is C15H20BrNO2. The fourth-order valence-electron chi connectivity index (χ4n) is 2.54. The van der Waals surface area contributed by atoms with E-state index in [1.54, 1.807) is 4.90 Å². The van der Waals surface area contributed by atoms with Crippen molar-refractivity contribution < 1.29 is 9.90 Å². The molecule has 104 valence electrons. The molecule has 1 aromatic carbocycles. The van der Waals surface area contributed by atoms with Crippen LogP contribution in [0.1, 0.15) is 24.8 Å². The van der Waals surface area contributed by atoms with Gasteiger partial charge in [-0.2, -0.15) is 0 Å². The van der Waals surface area contributed by atoms with Crippen molar-refractivity contribution >= 4 is 21.8 Å². The van der Waals surface area contributed by atoms with Crippen molar-refractivity contribution in [2.24, 2.45) is 5.41 Å². The van der Waals surface area contributed by atoms with Crippen LogP contribution in [0.4, 0.5) is 0 Å². The van der Waals surface area contributed by atoms with Crippen molar-refractivity contribution in [3.05, 3.63) is 34.3 Å². The number of aliphatic hydroxyl groups excluding tert-OH is 1. The molecule has 3 nitrogen and oxygen atoms in total. The van der Waals surface area contributed by atoms with Gasteiger partial charge in [-0.25, -0.2) is 0 Å². The summed E-state index contributed by atoms with van der Waals surface area (Å²) in [5, 5.41) is 9.42. The van der Waals surface area contributed by atoms with E-state index in [0.717, 1.165) is 30.2 Å². The molecule has 0 spiro atoms. The quantitative estimate of drug-likeness (QED) is 0.904. The molecule has 19 heavy (non-hydrogen) atoms. The molecule has 0 saturated heterocycles. The molecular weight excluding hydrogens is 306 g/mol. The van der Waals surface area contributed by atoms with Gasteiger partial charge in [-0.15, -0.1) is 0 Å². The fraction of sp³-hybridized carbons (Fsp3) is 0.533. The maximum absolute atomic E-state index is 12.3. The molecule has 2 rings (SSSR count). The van der Waals surface area contributed by atoms with Crippen LogP contribution in [-0.4, -0.2) is 36.1 Å². The lowest BCUT2D eigenvalue weighted by Crippen LogP contribution is -2.49. The lowest BCUT2D eigenvalue weighted by molar-refractivity contribution is -0.149. The Morgan fingerprint density at radius 1 is 1.47 bits per heavy atom. The second-order valence-electron chi connectivity index (χ2n) is 5.40. The third kappa shape index (κ3) is 3.18. The molecule has 0 radical (unpaired) electrons. The number of nitrogens with zero attached hydrogens (tertiary/aromatic N) is 1. The van der Waals surface area contributed by atoms with E-state index in [4.69, 9.17) is 0 Å². The van der Waals surface area contributed by atoms with E-state index >= 15 is 0 Å². The van der Waals surface area contributed by atoms with Crippen LogP contribution in [0, 0.1) is 5.41 Å². The highest BCUT2D eigenvalue weighted by atomic mass is 79.9. The zero-order valence-electron chi connectivity index (χ0n) is 11.2. The number of benzene rings is 1. The number of rotatable bonds is 5. The molecule has 1 aliphatic carbocycles. The molecule has 1 saturated carbocycles. The SMILES string of the molecule is CN(CCc1cccc(Br)c1)C(=O)C1(CO)CCC1. The summed E-state index contributed by atoms with van der Waals surface area (Å²) >= 11 is 3.45. The number of hydrogen-bond acceptors (Lipinski definition) is 2. The first-order valence-electron chi connectivity index (χ1n) is 6.68. The summed E-state index contributed by atoms with van der Waals surface area (Å²) < 4.78 is 1.06. The van der Waals surface area contributed by atoms with Crippen LogP contribution in [0.3, 0.4) is 0 Å². The molecule has 0 atom stereocenters. The van der Waals surface area contributed by atoms with E-state index in [0.29, 0.717) is 6.54 Å². The monoisotopic (exact) mass is 325 g/mol. The molecule has 4 heteroatoms. The molecule has 1 fully saturated rings. The molecule has 1 aromatic rings. The van der Waals surface area contributed by atoms with Gasteiger partial charge in [-0.05, 0) is 37.0 Å². The van der Waals surface area contributed by atoms with Crippen LogP contribution in [-0.2, 0) is 11.2 Å². The van der Waals surface area contributed by atoms with Crippen molar-refractivity contribution in [2.45, 2.75) is 25.7 Å². The van der Waals surface area contributed by atoms with Gasteiger partial charge >= 0.3 is 0 Å². The van der Waals surface area contributed by atoms with Gasteiger partial charge in [0.1, 0.15) is 0 Å². The Morgan fingerprint density at radius 3 is 2.74 bits per heavy atom. The van der Waals surface area contributed by atoms with E-state index in [-0.39, 0.29) is 12.5 Å². The second kappa shape index (κ2) is 6.06. The van der Waals surface area contributed by atoms with Gasteiger partial charge in [-0.1, -0.05) is 34.5 Å². The Labute approximate surface area is 122 Å². The van der Waals surface area contributed by atoms with Gasteiger partial charge in [0.2, 0.25) is 5.91 Å². The summed E-state index contributed by atoms with van der Waals surface area (Å²) in [4.78, 5) is 14.1. The van der Waals surface area contributed by atoms with E-state index in [2.05, 4.69) is 28.1 Å². The van der Waals surface area contributed by atoms with Gasteiger partial charge in [0.05, 0.1) is 12.0 Å². The minimum Gasteiger partial charge on any atom is -0.395 e. The number of aliphatic hydroxyl groups is 1. The van der Waals surface area contributed by atoms with Gasteiger partial charge < -0.3 is 10.0 Å². The van der Waals surface area contributed by atoms with E-state index < -0.39 is 5.41 Å². The molecule has 0 aromatic heterocycles. The van der Waals surface area contributed by atoms with Gasteiger partial charge in [-0.3, -0.25) is 4.79 Å². The molecule has 0 aliphatic heterocycles. The smallest absolute Gasteiger partial charge is 0.230 e. The predicted molar refractivity (Wildman–Crippen MR) is 78.9 cm³/mol. The Morgan fingerprint density at radius 2 is 2.21 bits per heavy atom. The maximum atomic E-state index is 12.3. The molecule has 0 bridgehead atoms. The minimum atomic E-state index is -0.480. The van der Waals surface area contributed by atoms with Gasteiger partial charge in [0, 0.05) is 18.1 Å². The van der Waals surface area contributed by atoms with E-state index in [1.807, 2.05) is 19.2 Å². The van der Waals surface area contributed by atoms with Crippen molar-refractivity contribution in [2.75, 3.05) is 20.2 Å². The highest BCUT2D eigenvalue weighted by Crippen LogP contribution is 2.41. The zero-order chi connectivity index (χ0) is 13.9. The third-order valence-corrected chi connectivity index (χ3v) is 4.53. The highest BCUT2D eigenvalue weighted by Gasteiger charge is 2.44. The molecule has 1 N–H and O–H groups in total. The van der Waals surface area contributed by atoms with Crippen LogP contribution < -0.4 is 0 Å². The largest absolute Gasteiger partial charge is 0.395 e. The topological polar surface area (TPSA) is 40.5 Å². The number of hydrogen-bond donors (Lipinski definition) is 1. The Hall–Kier alpha value is -0.870. The predicted octanol–water partition coefficient (Wildman–Crippen LogP) is 2.61. The average Bonchev–Trinajstić information content (AvgIpc) is 2.35. The van der Waals surface area contributed by atoms with Crippen molar-refractivity contribution in [1.29, 1.82) is 0 Å². The number of amides is 1. The Balaban J connectivity index is 1.91. The van der Waals surface area contributed by atoms with Crippen LogP contribution >= 0.6 is 15.9 Å². The summed E-state index contributed by atoms with van der Waals surface area (Å²) in [5.41, 5.74) is 0.729. The summed E-state index contributed by atoms with van der Waals surface area (Å²) in [6.45, 7) is 0.671. The summed E-state index contributed by atoms with van der Waals surface area (Å²) in [6, 6.07) is 8.13. The minimum absolute atomic E-state index is 0.0208. The van der Waals surface area contributed by atoms with Gasteiger partial charge in [0.15, 0.2) is 0 Å².